The molecule has 0 aliphatic carbocycles. The van der Waals surface area contributed by atoms with Gasteiger partial charge in [0.25, 0.3) is 0 Å². The van der Waals surface area contributed by atoms with Crippen molar-refractivity contribution in [1.82, 2.24) is 15.5 Å². The lowest BCUT2D eigenvalue weighted by molar-refractivity contribution is -0.142. The number of aliphatic carboxylic acids is 2. The normalized spacial score (nSPS) is 19.4. The summed E-state index contributed by atoms with van der Waals surface area (Å²) in [7, 11) is 0. The maximum Gasteiger partial charge on any atom is 0.322 e. The van der Waals surface area contributed by atoms with Gasteiger partial charge < -0.3 is 36.6 Å². The van der Waals surface area contributed by atoms with Gasteiger partial charge in [-0.25, -0.2) is 0 Å². The minimum absolute atomic E-state index is 0.0765. The number of amides is 3. The largest absolute Gasteiger partial charge is 0.481 e. The number of hydrogen-bond donors (Lipinski definition) is 6. The Bertz CT molecular complexity index is 624. The lowest BCUT2D eigenvalue weighted by Crippen LogP contribution is -2.58. The van der Waals surface area contributed by atoms with Gasteiger partial charge in [-0.1, -0.05) is 0 Å². The third kappa shape index (κ3) is 6.78. The zero-order valence-electron chi connectivity index (χ0n) is 15.5. The summed E-state index contributed by atoms with van der Waals surface area (Å²) >= 11 is 0. The highest BCUT2D eigenvalue weighted by Gasteiger charge is 2.38. The van der Waals surface area contributed by atoms with E-state index in [0.717, 1.165) is 0 Å². The van der Waals surface area contributed by atoms with E-state index in [4.69, 9.17) is 15.9 Å². The van der Waals surface area contributed by atoms with Crippen LogP contribution in [0.3, 0.4) is 0 Å². The summed E-state index contributed by atoms with van der Waals surface area (Å²) in [4.78, 5) is 59.4. The van der Waals surface area contributed by atoms with Crippen molar-refractivity contribution >= 4 is 29.7 Å². The Hall–Kier alpha value is -2.73. The van der Waals surface area contributed by atoms with Crippen LogP contribution in [-0.2, 0) is 24.0 Å². The van der Waals surface area contributed by atoms with E-state index in [1.54, 1.807) is 0 Å². The van der Waals surface area contributed by atoms with Crippen LogP contribution in [0.5, 0.6) is 0 Å². The van der Waals surface area contributed by atoms with E-state index in [1.807, 2.05) is 0 Å². The Morgan fingerprint density at radius 3 is 2.36 bits per heavy atom. The van der Waals surface area contributed by atoms with Crippen LogP contribution in [0.1, 0.15) is 32.6 Å². The van der Waals surface area contributed by atoms with Gasteiger partial charge in [0.1, 0.15) is 18.6 Å². The second kappa shape index (κ2) is 10.6. The number of carboxylic acids is 2. The van der Waals surface area contributed by atoms with Gasteiger partial charge in [-0.15, -0.1) is 0 Å². The summed E-state index contributed by atoms with van der Waals surface area (Å²) in [5, 5.41) is 31.4. The Labute approximate surface area is 161 Å². The number of carbonyl (C=O) groups is 5. The molecule has 0 unspecified atom stereocenters. The van der Waals surface area contributed by atoms with Crippen molar-refractivity contribution in [2.45, 2.75) is 56.8 Å². The van der Waals surface area contributed by atoms with E-state index in [9.17, 15) is 29.1 Å². The molecule has 3 amide bonds. The van der Waals surface area contributed by atoms with E-state index in [1.165, 1.54) is 11.8 Å². The monoisotopic (exact) mass is 402 g/mol. The maximum atomic E-state index is 12.6. The molecule has 0 bridgehead atoms. The number of nitrogens with zero attached hydrogens (tertiary/aromatic N) is 1. The molecule has 0 aromatic heterocycles. The first-order valence-electron chi connectivity index (χ1n) is 8.80. The molecule has 158 valence electrons. The van der Waals surface area contributed by atoms with Crippen molar-refractivity contribution in [3.8, 4) is 0 Å². The number of nitrogens with one attached hydrogen (secondary N) is 2. The molecule has 0 aromatic rings. The number of rotatable bonds is 10. The summed E-state index contributed by atoms with van der Waals surface area (Å²) in [6, 6.07) is -3.39. The highest BCUT2D eigenvalue weighted by molar-refractivity contribution is 5.94. The first-order valence-corrected chi connectivity index (χ1v) is 8.80. The number of aliphatic hydroxyl groups excluding tert-OH is 1. The van der Waals surface area contributed by atoms with Gasteiger partial charge in [-0.05, 0) is 26.2 Å². The molecule has 0 saturated carbocycles. The number of carboxylic acid groups (broad SMARTS) is 2. The third-order valence-electron chi connectivity index (χ3n) is 4.30. The molecule has 0 radical (unpaired) electrons. The van der Waals surface area contributed by atoms with Crippen LogP contribution >= 0.6 is 0 Å². The predicted molar refractivity (Wildman–Crippen MR) is 93.8 cm³/mol. The molecule has 1 rings (SSSR count). The lowest BCUT2D eigenvalue weighted by Gasteiger charge is -2.28. The molecular formula is C16H26N4O8. The van der Waals surface area contributed by atoms with Crippen molar-refractivity contribution in [2.24, 2.45) is 5.73 Å². The Morgan fingerprint density at radius 1 is 1.18 bits per heavy atom. The van der Waals surface area contributed by atoms with Crippen LogP contribution in [0.15, 0.2) is 0 Å². The summed E-state index contributed by atoms with van der Waals surface area (Å²) in [6.45, 7) is 0.831. The van der Waals surface area contributed by atoms with Crippen LogP contribution in [0.4, 0.5) is 0 Å². The van der Waals surface area contributed by atoms with Gasteiger partial charge in [0.15, 0.2) is 0 Å². The molecule has 1 aliphatic heterocycles. The van der Waals surface area contributed by atoms with Crippen LogP contribution < -0.4 is 16.4 Å². The van der Waals surface area contributed by atoms with E-state index < -0.39 is 60.4 Å². The molecule has 12 heteroatoms. The van der Waals surface area contributed by atoms with Crippen molar-refractivity contribution < 1.29 is 39.3 Å². The molecule has 1 aliphatic rings. The smallest absolute Gasteiger partial charge is 0.322 e. The zero-order valence-corrected chi connectivity index (χ0v) is 15.5. The Morgan fingerprint density at radius 2 is 1.82 bits per heavy atom. The molecule has 1 heterocycles. The fourth-order valence-electron chi connectivity index (χ4n) is 2.85. The highest BCUT2D eigenvalue weighted by Crippen LogP contribution is 2.19. The molecular weight excluding hydrogens is 376 g/mol. The van der Waals surface area contributed by atoms with Crippen LogP contribution in [0, 0.1) is 0 Å². The molecule has 0 aromatic carbocycles. The van der Waals surface area contributed by atoms with E-state index in [-0.39, 0.29) is 19.4 Å². The summed E-state index contributed by atoms with van der Waals surface area (Å²) in [6.07, 6.45) is -0.841. The van der Waals surface area contributed by atoms with Gasteiger partial charge in [0.05, 0.1) is 12.1 Å². The van der Waals surface area contributed by atoms with Crippen molar-refractivity contribution in [3.05, 3.63) is 0 Å². The lowest BCUT2D eigenvalue weighted by atomic mass is 10.1. The van der Waals surface area contributed by atoms with Crippen molar-refractivity contribution in [3.63, 3.8) is 0 Å². The van der Waals surface area contributed by atoms with Gasteiger partial charge in [0.2, 0.25) is 17.7 Å². The average Bonchev–Trinajstić information content (AvgIpc) is 3.10. The van der Waals surface area contributed by atoms with Gasteiger partial charge >= 0.3 is 11.9 Å². The summed E-state index contributed by atoms with van der Waals surface area (Å²) in [5.41, 5.74) is 5.73. The molecule has 7 N–H and O–H groups in total. The van der Waals surface area contributed by atoms with Crippen LogP contribution in [0.25, 0.3) is 0 Å². The molecule has 0 spiro atoms. The standard InChI is InChI=1S/C16H26N4O8/c1-8(21)13(15(27)18-7-12(24)25)19-14(26)10-3-2-6-20(10)16(28)9(17)4-5-11(22)23/h8-10,13,21H,2-7,17H2,1H3,(H,18,27)(H,19,26)(H,22,23)(H,24,25)/t8-,9+,10+,13+/m1/s1. The molecule has 1 saturated heterocycles. The van der Waals surface area contributed by atoms with E-state index in [2.05, 4.69) is 10.6 Å². The Kier molecular flexibility index (Phi) is 8.79. The van der Waals surface area contributed by atoms with Crippen molar-refractivity contribution in [2.75, 3.05) is 13.1 Å². The highest BCUT2D eigenvalue weighted by atomic mass is 16.4. The summed E-state index contributed by atoms with van der Waals surface area (Å²) in [5.74, 6) is -4.51. The molecule has 28 heavy (non-hydrogen) atoms. The number of nitrogens with two attached hydrogens (primary N) is 1. The summed E-state index contributed by atoms with van der Waals surface area (Å²) < 4.78 is 0. The van der Waals surface area contributed by atoms with Gasteiger partial charge in [-0.3, -0.25) is 24.0 Å². The second-order valence-corrected chi connectivity index (χ2v) is 6.57. The number of aliphatic hydroxyl groups is 1. The molecule has 12 nitrogen and oxygen atoms in total. The number of hydrogen-bond acceptors (Lipinski definition) is 7. The van der Waals surface area contributed by atoms with Crippen molar-refractivity contribution in [1.29, 1.82) is 0 Å². The predicted octanol–water partition coefficient (Wildman–Crippen LogP) is -2.76. The first kappa shape index (κ1) is 23.3. The fraction of sp³-hybridized carbons (Fsp3) is 0.688. The number of carbonyl (C=O) groups excluding carboxylic acids is 3. The number of likely N-dealkylation sites (tertiary alicyclic amines) is 1. The molecule has 1 fully saturated rings. The minimum atomic E-state index is -1.40. The van der Waals surface area contributed by atoms with Gasteiger partial charge in [-0.2, -0.15) is 0 Å². The zero-order chi connectivity index (χ0) is 21.4. The third-order valence-corrected chi connectivity index (χ3v) is 4.30. The second-order valence-electron chi connectivity index (χ2n) is 6.57. The SMILES string of the molecule is C[C@@H](O)[C@H](NC(=O)[C@@H]1CCCN1C(=O)[C@@H](N)CCC(=O)O)C(=O)NCC(=O)O. The van der Waals surface area contributed by atoms with E-state index >= 15 is 0 Å². The first-order chi connectivity index (χ1) is 13.0. The molecule has 4 atom stereocenters. The van der Waals surface area contributed by atoms with Crippen LogP contribution in [-0.4, -0.2) is 87.2 Å². The average molecular weight is 402 g/mol. The quantitative estimate of drug-likeness (QED) is 0.224. The topological polar surface area (TPSA) is 199 Å². The minimum Gasteiger partial charge on any atom is -0.481 e. The Balaban J connectivity index is 2.76. The fourth-order valence-corrected chi connectivity index (χ4v) is 2.85. The van der Waals surface area contributed by atoms with Gasteiger partial charge in [0, 0.05) is 13.0 Å². The van der Waals surface area contributed by atoms with Crippen LogP contribution in [0.2, 0.25) is 0 Å². The van der Waals surface area contributed by atoms with E-state index in [0.29, 0.717) is 12.8 Å². The maximum absolute atomic E-state index is 12.6.